The predicted molar refractivity (Wildman–Crippen MR) is 60.8 cm³/mol. The van der Waals surface area contributed by atoms with Crippen molar-refractivity contribution in [3.8, 4) is 5.69 Å². The summed E-state index contributed by atoms with van der Waals surface area (Å²) in [7, 11) is 0. The van der Waals surface area contributed by atoms with E-state index in [1.807, 2.05) is 6.92 Å². The van der Waals surface area contributed by atoms with Crippen molar-refractivity contribution in [3.63, 3.8) is 0 Å². The van der Waals surface area contributed by atoms with E-state index in [9.17, 15) is 9.18 Å². The van der Waals surface area contributed by atoms with Crippen molar-refractivity contribution in [3.05, 3.63) is 41.0 Å². The normalized spacial score (nSPS) is 10.6. The van der Waals surface area contributed by atoms with Crippen molar-refractivity contribution in [1.82, 2.24) is 15.0 Å². The Morgan fingerprint density at radius 2 is 2.06 bits per heavy atom. The Morgan fingerprint density at radius 1 is 1.35 bits per heavy atom. The predicted octanol–water partition coefficient (Wildman–Crippen LogP) is 2.23. The van der Waals surface area contributed by atoms with Gasteiger partial charge >= 0.3 is 0 Å². The largest absolute Gasteiger partial charge is 0.293 e. The van der Waals surface area contributed by atoms with Gasteiger partial charge in [0, 0.05) is 6.92 Å². The third kappa shape index (κ3) is 1.95. The highest BCUT2D eigenvalue weighted by atomic mass is 19.1. The van der Waals surface area contributed by atoms with E-state index in [1.165, 1.54) is 17.7 Å². The molecule has 0 aliphatic heterocycles. The van der Waals surface area contributed by atoms with Gasteiger partial charge in [-0.1, -0.05) is 11.3 Å². The van der Waals surface area contributed by atoms with E-state index in [2.05, 4.69) is 10.3 Å². The molecule has 1 aromatic heterocycles. The summed E-state index contributed by atoms with van der Waals surface area (Å²) >= 11 is 0. The highest BCUT2D eigenvalue weighted by molar-refractivity contribution is 5.93. The fourth-order valence-electron chi connectivity index (χ4n) is 1.67. The van der Waals surface area contributed by atoms with Crippen LogP contribution in [0.2, 0.25) is 0 Å². The van der Waals surface area contributed by atoms with Crippen LogP contribution in [0, 0.1) is 19.7 Å². The molecule has 0 saturated carbocycles. The second kappa shape index (κ2) is 4.08. The van der Waals surface area contributed by atoms with Gasteiger partial charge in [0.1, 0.15) is 11.5 Å². The molecule has 0 atom stereocenters. The summed E-state index contributed by atoms with van der Waals surface area (Å²) < 4.78 is 15.0. The zero-order chi connectivity index (χ0) is 12.6. The van der Waals surface area contributed by atoms with Crippen molar-refractivity contribution in [1.29, 1.82) is 0 Å². The summed E-state index contributed by atoms with van der Waals surface area (Å²) in [5.41, 5.74) is 2.04. The quantitative estimate of drug-likeness (QED) is 0.747. The van der Waals surface area contributed by atoms with Gasteiger partial charge in [0.2, 0.25) is 0 Å². The van der Waals surface area contributed by atoms with Crippen molar-refractivity contribution < 1.29 is 9.18 Å². The van der Waals surface area contributed by atoms with Gasteiger partial charge in [0.15, 0.2) is 11.5 Å². The molecule has 0 aliphatic carbocycles. The molecule has 0 radical (unpaired) electrons. The summed E-state index contributed by atoms with van der Waals surface area (Å²) in [6.07, 6.45) is 0. The van der Waals surface area contributed by atoms with Gasteiger partial charge in [0.25, 0.3) is 0 Å². The minimum atomic E-state index is -0.390. The Hall–Kier alpha value is -2.04. The van der Waals surface area contributed by atoms with Crippen LogP contribution < -0.4 is 0 Å². The van der Waals surface area contributed by atoms with E-state index in [0.717, 1.165) is 5.56 Å². The van der Waals surface area contributed by atoms with E-state index >= 15 is 0 Å². The Labute approximate surface area is 98.1 Å². The Bertz CT molecular complexity index is 589. The molecule has 5 heteroatoms. The number of benzene rings is 1. The molecular weight excluding hydrogens is 221 g/mol. The first-order valence-corrected chi connectivity index (χ1v) is 5.20. The first kappa shape index (κ1) is 11.4. The van der Waals surface area contributed by atoms with Gasteiger partial charge in [0.05, 0.1) is 5.69 Å². The van der Waals surface area contributed by atoms with Crippen molar-refractivity contribution in [2.75, 3.05) is 0 Å². The van der Waals surface area contributed by atoms with Crippen LogP contribution in [0.4, 0.5) is 4.39 Å². The molecule has 0 aliphatic rings. The smallest absolute Gasteiger partial charge is 0.181 e. The molecule has 0 N–H and O–H groups in total. The molecular formula is C12H12FN3O. The van der Waals surface area contributed by atoms with E-state index in [4.69, 9.17) is 0 Å². The molecule has 88 valence electrons. The molecule has 2 rings (SSSR count). The number of carbonyl (C=O) groups excluding carboxylic acids is 1. The minimum Gasteiger partial charge on any atom is -0.293 e. The fraction of sp³-hybridized carbons (Fsp3) is 0.250. The first-order chi connectivity index (χ1) is 8.00. The monoisotopic (exact) mass is 233 g/mol. The first-order valence-electron chi connectivity index (χ1n) is 5.20. The van der Waals surface area contributed by atoms with E-state index in [1.54, 1.807) is 19.1 Å². The Balaban J connectivity index is 2.61. The van der Waals surface area contributed by atoms with Crippen LogP contribution in [0.3, 0.4) is 0 Å². The van der Waals surface area contributed by atoms with Gasteiger partial charge in [-0.2, -0.15) is 0 Å². The summed E-state index contributed by atoms with van der Waals surface area (Å²) in [4.78, 5) is 11.3. The van der Waals surface area contributed by atoms with Crippen LogP contribution in [-0.2, 0) is 0 Å². The van der Waals surface area contributed by atoms with Crippen LogP contribution >= 0.6 is 0 Å². The van der Waals surface area contributed by atoms with Gasteiger partial charge in [-0.15, -0.1) is 5.10 Å². The lowest BCUT2D eigenvalue weighted by molar-refractivity contribution is 0.101. The minimum absolute atomic E-state index is 0.179. The molecule has 4 nitrogen and oxygen atoms in total. The van der Waals surface area contributed by atoms with Crippen LogP contribution in [0.25, 0.3) is 5.69 Å². The van der Waals surface area contributed by atoms with Crippen LogP contribution in [0.5, 0.6) is 0 Å². The molecule has 17 heavy (non-hydrogen) atoms. The third-order valence-corrected chi connectivity index (χ3v) is 2.56. The number of carbonyl (C=O) groups is 1. The molecule has 1 aromatic carbocycles. The zero-order valence-electron chi connectivity index (χ0n) is 9.86. The lowest BCUT2D eigenvalue weighted by atomic mass is 10.2. The maximum atomic E-state index is 13.7. The third-order valence-electron chi connectivity index (χ3n) is 2.56. The maximum absolute atomic E-state index is 13.7. The fourth-order valence-corrected chi connectivity index (χ4v) is 1.67. The van der Waals surface area contributed by atoms with Gasteiger partial charge in [-0.25, -0.2) is 9.07 Å². The van der Waals surface area contributed by atoms with E-state index in [0.29, 0.717) is 11.4 Å². The van der Waals surface area contributed by atoms with Gasteiger partial charge in [-0.3, -0.25) is 4.79 Å². The SMILES string of the molecule is CC(=O)c1nnn(-c2cc(C)ccc2F)c1C. The number of ketones is 1. The summed E-state index contributed by atoms with van der Waals surface area (Å²) in [6.45, 7) is 4.97. The molecule has 1 heterocycles. The van der Waals surface area contributed by atoms with Crippen molar-refractivity contribution >= 4 is 5.78 Å². The van der Waals surface area contributed by atoms with Crippen LogP contribution in [0.1, 0.15) is 28.7 Å². The highest BCUT2D eigenvalue weighted by Crippen LogP contribution is 2.17. The number of hydrogen-bond acceptors (Lipinski definition) is 3. The Morgan fingerprint density at radius 3 is 2.65 bits per heavy atom. The summed E-state index contributed by atoms with van der Waals surface area (Å²) in [5, 5.41) is 7.57. The lowest BCUT2D eigenvalue weighted by Gasteiger charge is -2.05. The number of halogens is 1. The summed E-state index contributed by atoms with van der Waals surface area (Å²) in [5.74, 6) is -0.569. The average Bonchev–Trinajstić information content (AvgIpc) is 2.64. The molecule has 0 unspecified atom stereocenters. The van der Waals surface area contributed by atoms with Gasteiger partial charge in [-0.05, 0) is 31.5 Å². The summed E-state index contributed by atoms with van der Waals surface area (Å²) in [6, 6.07) is 4.72. The molecule has 0 spiro atoms. The highest BCUT2D eigenvalue weighted by Gasteiger charge is 2.15. The number of rotatable bonds is 2. The van der Waals surface area contributed by atoms with Gasteiger partial charge < -0.3 is 0 Å². The van der Waals surface area contributed by atoms with Crippen LogP contribution in [0.15, 0.2) is 18.2 Å². The standard InChI is InChI=1S/C12H12FN3O/c1-7-4-5-10(13)11(6-7)16-8(2)12(9(3)17)14-15-16/h4-6H,1-3H3. The number of aromatic nitrogens is 3. The number of Topliss-reactive ketones (excluding diaryl/α,β-unsaturated/α-hetero) is 1. The van der Waals surface area contributed by atoms with E-state index < -0.39 is 5.82 Å². The maximum Gasteiger partial charge on any atom is 0.181 e. The second-order valence-electron chi connectivity index (χ2n) is 3.95. The van der Waals surface area contributed by atoms with Crippen LogP contribution in [-0.4, -0.2) is 20.8 Å². The van der Waals surface area contributed by atoms with E-state index in [-0.39, 0.29) is 11.5 Å². The zero-order valence-corrected chi connectivity index (χ0v) is 9.86. The lowest BCUT2D eigenvalue weighted by Crippen LogP contribution is -2.04. The molecule has 0 amide bonds. The number of nitrogens with zero attached hydrogens (tertiary/aromatic N) is 3. The molecule has 0 bridgehead atoms. The molecule has 0 fully saturated rings. The van der Waals surface area contributed by atoms with Crippen molar-refractivity contribution in [2.45, 2.75) is 20.8 Å². The average molecular weight is 233 g/mol. The molecule has 0 saturated heterocycles. The van der Waals surface area contributed by atoms with Crippen molar-refractivity contribution in [2.24, 2.45) is 0 Å². The number of hydrogen-bond donors (Lipinski definition) is 0. The molecule has 2 aromatic rings. The Kier molecular flexibility index (Phi) is 2.75. The topological polar surface area (TPSA) is 47.8 Å². The second-order valence-corrected chi connectivity index (χ2v) is 3.95. The number of aryl methyl sites for hydroxylation is 1.